The molecule has 1 aliphatic heterocycles. The van der Waals surface area contributed by atoms with Crippen molar-refractivity contribution in [1.82, 2.24) is 9.97 Å². The van der Waals surface area contributed by atoms with Crippen LogP contribution in [-0.4, -0.2) is 16.8 Å². The molecular weight excluding hydrogens is 300 g/mol. The molecule has 0 fully saturated rings. The van der Waals surface area contributed by atoms with Crippen LogP contribution in [0.5, 0.6) is 23.1 Å². The predicted molar refractivity (Wildman–Crippen MR) is 82.1 cm³/mol. The fourth-order valence-corrected chi connectivity index (χ4v) is 4.25. The second-order valence-corrected chi connectivity index (χ2v) is 6.42. The molecular formula is C16H12N2O3S. The monoisotopic (exact) mass is 312 g/mol. The number of fused-ring (bicyclic) bond motifs is 4. The predicted octanol–water partition coefficient (Wildman–Crippen LogP) is 3.70. The molecule has 0 amide bonds. The Labute approximate surface area is 130 Å². The first kappa shape index (κ1) is 12.2. The van der Waals surface area contributed by atoms with E-state index in [1.165, 1.54) is 16.9 Å². The van der Waals surface area contributed by atoms with Crippen LogP contribution >= 0.6 is 11.3 Å². The Kier molecular flexibility index (Phi) is 2.54. The number of thiophene rings is 1. The molecule has 3 heterocycles. The average Bonchev–Trinajstić information content (AvgIpc) is 3.21. The van der Waals surface area contributed by atoms with Crippen LogP contribution in [0.2, 0.25) is 0 Å². The van der Waals surface area contributed by atoms with Crippen molar-refractivity contribution in [2.45, 2.75) is 19.3 Å². The molecule has 0 bridgehead atoms. The van der Waals surface area contributed by atoms with Crippen molar-refractivity contribution < 1.29 is 14.2 Å². The molecule has 1 aliphatic carbocycles. The zero-order valence-electron chi connectivity index (χ0n) is 11.7. The Balaban J connectivity index is 1.59. The van der Waals surface area contributed by atoms with E-state index in [-0.39, 0.29) is 6.79 Å². The molecule has 2 aliphatic rings. The summed E-state index contributed by atoms with van der Waals surface area (Å²) in [5, 5.41) is 1.07. The number of aromatic nitrogens is 2. The van der Waals surface area contributed by atoms with Crippen molar-refractivity contribution in [3.63, 3.8) is 0 Å². The summed E-state index contributed by atoms with van der Waals surface area (Å²) in [5.41, 5.74) is 1.36. The molecule has 2 aromatic heterocycles. The highest BCUT2D eigenvalue weighted by molar-refractivity contribution is 7.18. The molecule has 3 aromatic rings. The summed E-state index contributed by atoms with van der Waals surface area (Å²) in [6.45, 7) is 0.259. The molecule has 0 saturated heterocycles. The lowest BCUT2D eigenvalue weighted by molar-refractivity contribution is 0.174. The van der Waals surface area contributed by atoms with E-state index in [9.17, 15) is 0 Å². The van der Waals surface area contributed by atoms with Gasteiger partial charge in [-0.2, -0.15) is 0 Å². The van der Waals surface area contributed by atoms with Crippen molar-refractivity contribution in [3.05, 3.63) is 35.0 Å². The van der Waals surface area contributed by atoms with E-state index in [1.54, 1.807) is 17.7 Å². The van der Waals surface area contributed by atoms with Gasteiger partial charge in [-0.3, -0.25) is 0 Å². The Morgan fingerprint density at radius 3 is 3.05 bits per heavy atom. The Morgan fingerprint density at radius 1 is 1.09 bits per heavy atom. The molecule has 5 nitrogen and oxygen atoms in total. The van der Waals surface area contributed by atoms with Crippen molar-refractivity contribution in [1.29, 1.82) is 0 Å². The van der Waals surface area contributed by atoms with Gasteiger partial charge in [0.1, 0.15) is 16.9 Å². The van der Waals surface area contributed by atoms with E-state index in [1.807, 2.05) is 18.2 Å². The summed E-state index contributed by atoms with van der Waals surface area (Å²) in [6, 6.07) is 5.56. The maximum absolute atomic E-state index is 6.02. The quantitative estimate of drug-likeness (QED) is 0.722. The average molecular weight is 312 g/mol. The van der Waals surface area contributed by atoms with E-state index in [4.69, 9.17) is 14.2 Å². The number of aryl methyl sites for hydroxylation is 2. The standard InChI is InChI=1S/C16H12N2O3S/c1-2-10-13(3-1)22-16-14(10)15(17-7-18-16)21-9-4-5-11-12(6-9)20-8-19-11/h4-7H,1-3,8H2. The van der Waals surface area contributed by atoms with Gasteiger partial charge in [0, 0.05) is 10.9 Å². The Hall–Kier alpha value is -2.34. The lowest BCUT2D eigenvalue weighted by Gasteiger charge is -2.07. The van der Waals surface area contributed by atoms with Gasteiger partial charge < -0.3 is 14.2 Å². The molecule has 0 N–H and O–H groups in total. The summed E-state index contributed by atoms with van der Waals surface area (Å²) in [6.07, 6.45) is 4.99. The molecule has 0 atom stereocenters. The number of nitrogens with zero attached hydrogens (tertiary/aromatic N) is 2. The third-order valence-electron chi connectivity index (χ3n) is 4.03. The van der Waals surface area contributed by atoms with Crippen LogP contribution in [0.25, 0.3) is 10.2 Å². The van der Waals surface area contributed by atoms with E-state index in [2.05, 4.69) is 9.97 Å². The van der Waals surface area contributed by atoms with Crippen LogP contribution in [0.4, 0.5) is 0 Å². The molecule has 0 spiro atoms. The summed E-state index contributed by atoms with van der Waals surface area (Å²) >= 11 is 1.76. The highest BCUT2D eigenvalue weighted by Crippen LogP contribution is 2.42. The summed E-state index contributed by atoms with van der Waals surface area (Å²) in [4.78, 5) is 11.2. The van der Waals surface area contributed by atoms with Crippen LogP contribution < -0.4 is 14.2 Å². The highest BCUT2D eigenvalue weighted by atomic mass is 32.1. The number of hydrogen-bond acceptors (Lipinski definition) is 6. The Morgan fingerprint density at radius 2 is 2.05 bits per heavy atom. The third kappa shape index (κ3) is 1.77. The number of ether oxygens (including phenoxy) is 3. The largest absolute Gasteiger partial charge is 0.454 e. The van der Waals surface area contributed by atoms with Gasteiger partial charge in [0.05, 0.1) is 5.39 Å². The fraction of sp³-hybridized carbons (Fsp3) is 0.250. The van der Waals surface area contributed by atoms with Gasteiger partial charge in [-0.15, -0.1) is 11.3 Å². The van der Waals surface area contributed by atoms with E-state index < -0.39 is 0 Å². The highest BCUT2D eigenvalue weighted by Gasteiger charge is 2.22. The first-order valence-corrected chi connectivity index (χ1v) is 8.03. The zero-order chi connectivity index (χ0) is 14.5. The first-order valence-electron chi connectivity index (χ1n) is 7.21. The van der Waals surface area contributed by atoms with Crippen LogP contribution in [0.3, 0.4) is 0 Å². The van der Waals surface area contributed by atoms with Gasteiger partial charge in [0.25, 0.3) is 0 Å². The number of benzene rings is 1. The van der Waals surface area contributed by atoms with E-state index in [0.29, 0.717) is 17.4 Å². The fourth-order valence-electron chi connectivity index (χ4n) is 3.03. The maximum Gasteiger partial charge on any atom is 0.231 e. The normalized spacial score (nSPS) is 15.3. The first-order chi connectivity index (χ1) is 10.9. The van der Waals surface area contributed by atoms with E-state index in [0.717, 1.165) is 28.8 Å². The maximum atomic E-state index is 6.02. The minimum Gasteiger partial charge on any atom is -0.454 e. The smallest absolute Gasteiger partial charge is 0.231 e. The molecule has 1 aromatic carbocycles. The SMILES string of the molecule is c1nc(Oc2ccc3c(c2)OCO3)c2c3c(sc2n1)CCC3. The van der Waals surface area contributed by atoms with Crippen molar-refractivity contribution in [2.75, 3.05) is 6.79 Å². The third-order valence-corrected chi connectivity index (χ3v) is 5.22. The molecule has 6 heteroatoms. The van der Waals surface area contributed by atoms with Crippen molar-refractivity contribution in [3.8, 4) is 23.1 Å². The van der Waals surface area contributed by atoms with Gasteiger partial charge in [0.2, 0.25) is 12.7 Å². The van der Waals surface area contributed by atoms with Gasteiger partial charge in [-0.25, -0.2) is 9.97 Å². The van der Waals surface area contributed by atoms with Crippen LogP contribution in [-0.2, 0) is 12.8 Å². The van der Waals surface area contributed by atoms with Crippen LogP contribution in [0.15, 0.2) is 24.5 Å². The summed E-state index contributed by atoms with van der Waals surface area (Å²) < 4.78 is 16.7. The molecule has 5 rings (SSSR count). The van der Waals surface area contributed by atoms with Crippen molar-refractivity contribution >= 4 is 21.6 Å². The Bertz CT molecular complexity index is 890. The second-order valence-electron chi connectivity index (χ2n) is 5.33. The molecule has 0 radical (unpaired) electrons. The van der Waals surface area contributed by atoms with Gasteiger partial charge in [0.15, 0.2) is 11.5 Å². The lowest BCUT2D eigenvalue weighted by Crippen LogP contribution is -1.93. The van der Waals surface area contributed by atoms with Crippen molar-refractivity contribution in [2.24, 2.45) is 0 Å². The molecule has 22 heavy (non-hydrogen) atoms. The summed E-state index contributed by atoms with van der Waals surface area (Å²) in [5.74, 6) is 2.78. The minimum atomic E-state index is 0.259. The van der Waals surface area contributed by atoms with Crippen LogP contribution in [0, 0.1) is 0 Å². The summed E-state index contributed by atoms with van der Waals surface area (Å²) in [7, 11) is 0. The number of hydrogen-bond donors (Lipinski definition) is 0. The molecule has 0 saturated carbocycles. The van der Waals surface area contributed by atoms with Gasteiger partial charge >= 0.3 is 0 Å². The number of rotatable bonds is 2. The van der Waals surface area contributed by atoms with E-state index >= 15 is 0 Å². The van der Waals surface area contributed by atoms with Gasteiger partial charge in [-0.05, 0) is 37.0 Å². The van der Waals surface area contributed by atoms with Gasteiger partial charge in [-0.1, -0.05) is 0 Å². The second kappa shape index (κ2) is 4.58. The lowest BCUT2D eigenvalue weighted by atomic mass is 10.2. The topological polar surface area (TPSA) is 53.5 Å². The van der Waals surface area contributed by atoms with Crippen LogP contribution in [0.1, 0.15) is 16.9 Å². The molecule has 0 unspecified atom stereocenters. The minimum absolute atomic E-state index is 0.259. The molecule has 110 valence electrons. The zero-order valence-corrected chi connectivity index (χ0v) is 12.5.